The molecule has 0 spiro atoms. The Balaban J connectivity index is 2.72. The number of hydrogen-bond donors (Lipinski definition) is 0. The fourth-order valence-corrected chi connectivity index (χ4v) is 2.19. The van der Waals surface area contributed by atoms with Gasteiger partial charge in [-0.3, -0.25) is 0 Å². The van der Waals surface area contributed by atoms with Crippen molar-refractivity contribution in [3.8, 4) is 6.07 Å². The van der Waals surface area contributed by atoms with E-state index in [4.69, 9.17) is 5.26 Å². The minimum atomic E-state index is 0.0386. The van der Waals surface area contributed by atoms with Crippen LogP contribution in [-0.4, -0.2) is 17.3 Å². The summed E-state index contributed by atoms with van der Waals surface area (Å²) in [6.07, 6.45) is 0. The van der Waals surface area contributed by atoms with E-state index < -0.39 is 0 Å². The second kappa shape index (κ2) is 2.93. The third kappa shape index (κ3) is 1.20. The zero-order valence-electron chi connectivity index (χ0n) is 9.63. The Hall–Kier alpha value is -1.62. The molecule has 0 bridgehead atoms. The summed E-state index contributed by atoms with van der Waals surface area (Å²) in [7, 11) is 2.08. The van der Waals surface area contributed by atoms with Crippen LogP contribution < -0.4 is 0 Å². The number of rotatable bonds is 0. The smallest absolute Gasteiger partial charge is 0.202 e. The second-order valence-electron chi connectivity index (χ2n) is 4.61. The average Bonchev–Trinajstić information content (AvgIpc) is 2.40. The molecule has 15 heavy (non-hydrogen) atoms. The van der Waals surface area contributed by atoms with Gasteiger partial charge in [0.05, 0.1) is 17.0 Å². The van der Waals surface area contributed by atoms with E-state index in [-0.39, 0.29) is 5.41 Å². The van der Waals surface area contributed by atoms with Crippen LogP contribution in [0.4, 0.5) is 5.69 Å². The van der Waals surface area contributed by atoms with E-state index in [1.54, 1.807) is 0 Å². The highest BCUT2D eigenvalue weighted by Crippen LogP contribution is 2.38. The summed E-state index contributed by atoms with van der Waals surface area (Å²) < 4.78 is 2.20. The van der Waals surface area contributed by atoms with E-state index in [1.807, 2.05) is 18.2 Å². The molecule has 1 aromatic rings. The molecule has 1 aliphatic rings. The van der Waals surface area contributed by atoms with Gasteiger partial charge in [-0.1, -0.05) is 0 Å². The average molecular weight is 199 g/mol. The zero-order chi connectivity index (χ0) is 11.2. The van der Waals surface area contributed by atoms with E-state index in [0.29, 0.717) is 0 Å². The molecule has 2 nitrogen and oxygen atoms in total. The van der Waals surface area contributed by atoms with Crippen LogP contribution in [0.1, 0.15) is 31.9 Å². The van der Waals surface area contributed by atoms with Crippen molar-refractivity contribution in [2.24, 2.45) is 0 Å². The highest BCUT2D eigenvalue weighted by Gasteiger charge is 2.41. The molecule has 0 fully saturated rings. The van der Waals surface area contributed by atoms with Crippen molar-refractivity contribution in [1.29, 1.82) is 5.26 Å². The predicted octanol–water partition coefficient (Wildman–Crippen LogP) is 2.58. The Morgan fingerprint density at radius 2 is 2.00 bits per heavy atom. The number of fused-ring (bicyclic) bond motifs is 1. The molecule has 1 aliphatic heterocycles. The van der Waals surface area contributed by atoms with Crippen LogP contribution in [0.25, 0.3) is 0 Å². The van der Waals surface area contributed by atoms with E-state index in [0.717, 1.165) is 5.56 Å². The van der Waals surface area contributed by atoms with Crippen LogP contribution in [0.15, 0.2) is 18.2 Å². The third-order valence-electron chi connectivity index (χ3n) is 3.57. The third-order valence-corrected chi connectivity index (χ3v) is 3.57. The summed E-state index contributed by atoms with van der Waals surface area (Å²) in [5.41, 5.74) is 4.58. The lowest BCUT2D eigenvalue weighted by Gasteiger charge is -2.14. The number of nitriles is 1. The minimum absolute atomic E-state index is 0.0386. The van der Waals surface area contributed by atoms with Crippen LogP contribution in [0.3, 0.4) is 0 Å². The summed E-state index contributed by atoms with van der Waals surface area (Å²) >= 11 is 0. The molecule has 0 unspecified atom stereocenters. The molecule has 76 valence electrons. The van der Waals surface area contributed by atoms with Crippen molar-refractivity contribution < 1.29 is 4.58 Å². The number of hydrogen-bond acceptors (Lipinski definition) is 1. The topological polar surface area (TPSA) is 26.8 Å². The fourth-order valence-electron chi connectivity index (χ4n) is 2.19. The molecule has 0 aromatic heterocycles. The SMILES string of the molecule is CC1=[N+](C)c2ccc(C#N)cc2C1(C)C. The first-order chi connectivity index (χ1) is 6.98. The molecule has 2 rings (SSSR count). The summed E-state index contributed by atoms with van der Waals surface area (Å²) in [6, 6.07) is 8.11. The fraction of sp³-hybridized carbons (Fsp3) is 0.385. The Bertz CT molecular complexity index is 502. The Kier molecular flexibility index (Phi) is 1.94. The number of nitrogens with zero attached hydrogens (tertiary/aromatic N) is 2. The van der Waals surface area contributed by atoms with Crippen molar-refractivity contribution in [3.05, 3.63) is 29.3 Å². The molecule has 0 saturated carbocycles. The lowest BCUT2D eigenvalue weighted by molar-refractivity contribution is -0.403. The van der Waals surface area contributed by atoms with Gasteiger partial charge in [0.2, 0.25) is 5.69 Å². The van der Waals surface area contributed by atoms with Crippen molar-refractivity contribution in [1.82, 2.24) is 0 Å². The van der Waals surface area contributed by atoms with Crippen LogP contribution in [-0.2, 0) is 5.41 Å². The molecule has 0 atom stereocenters. The molecule has 2 heteroatoms. The van der Waals surface area contributed by atoms with Gasteiger partial charge in [0.25, 0.3) is 0 Å². The summed E-state index contributed by atoms with van der Waals surface area (Å²) in [4.78, 5) is 0. The van der Waals surface area contributed by atoms with Gasteiger partial charge in [-0.2, -0.15) is 5.26 Å². The van der Waals surface area contributed by atoms with Crippen molar-refractivity contribution in [3.63, 3.8) is 0 Å². The Labute approximate surface area is 90.5 Å². The highest BCUT2D eigenvalue weighted by atomic mass is 15.0. The quantitative estimate of drug-likeness (QED) is 0.590. The summed E-state index contributed by atoms with van der Waals surface area (Å²) in [6.45, 7) is 6.55. The lowest BCUT2D eigenvalue weighted by Crippen LogP contribution is -2.25. The standard InChI is InChI=1S/C13H15N2/c1-9-13(2,3)11-7-10(8-14)5-6-12(11)15(9)4/h5-7H,1-4H3/q+1. The maximum Gasteiger partial charge on any atom is 0.209 e. The van der Waals surface area contributed by atoms with Gasteiger partial charge in [-0.25, -0.2) is 4.58 Å². The molecule has 1 aromatic carbocycles. The predicted molar refractivity (Wildman–Crippen MR) is 60.7 cm³/mol. The molecule has 0 radical (unpaired) electrons. The largest absolute Gasteiger partial charge is 0.209 e. The first-order valence-electron chi connectivity index (χ1n) is 5.11. The van der Waals surface area contributed by atoms with E-state index in [9.17, 15) is 0 Å². The van der Waals surface area contributed by atoms with Crippen molar-refractivity contribution in [2.45, 2.75) is 26.2 Å². The molecule has 1 heterocycles. The van der Waals surface area contributed by atoms with Gasteiger partial charge in [0, 0.05) is 18.6 Å². The molecule has 0 saturated heterocycles. The maximum atomic E-state index is 8.90. The van der Waals surface area contributed by atoms with Gasteiger partial charge in [0.1, 0.15) is 7.05 Å². The van der Waals surface area contributed by atoms with Gasteiger partial charge < -0.3 is 0 Å². The normalized spacial score (nSPS) is 17.5. The van der Waals surface area contributed by atoms with Gasteiger partial charge in [-0.15, -0.1) is 0 Å². The molecule has 0 aliphatic carbocycles. The zero-order valence-corrected chi connectivity index (χ0v) is 9.63. The van der Waals surface area contributed by atoms with Crippen LogP contribution in [0.5, 0.6) is 0 Å². The van der Waals surface area contributed by atoms with Crippen molar-refractivity contribution >= 4 is 11.4 Å². The monoisotopic (exact) mass is 199 g/mol. The maximum absolute atomic E-state index is 8.90. The van der Waals surface area contributed by atoms with Gasteiger partial charge >= 0.3 is 0 Å². The van der Waals surface area contributed by atoms with Crippen LogP contribution >= 0.6 is 0 Å². The first-order valence-corrected chi connectivity index (χ1v) is 5.11. The van der Waals surface area contributed by atoms with Crippen molar-refractivity contribution in [2.75, 3.05) is 7.05 Å². The summed E-state index contributed by atoms with van der Waals surface area (Å²) in [5.74, 6) is 0. The Morgan fingerprint density at radius 1 is 1.33 bits per heavy atom. The van der Waals surface area contributed by atoms with E-state index in [2.05, 4.69) is 38.5 Å². The van der Waals surface area contributed by atoms with Crippen LogP contribution in [0, 0.1) is 11.3 Å². The van der Waals surface area contributed by atoms with Gasteiger partial charge in [-0.05, 0) is 26.0 Å². The van der Waals surface area contributed by atoms with E-state index >= 15 is 0 Å². The Morgan fingerprint density at radius 3 is 2.60 bits per heavy atom. The number of benzene rings is 1. The van der Waals surface area contributed by atoms with E-state index in [1.165, 1.54) is 17.0 Å². The first kappa shape index (κ1) is 9.92. The molecule has 0 N–H and O–H groups in total. The molecular formula is C13H15N2+. The highest BCUT2D eigenvalue weighted by molar-refractivity contribution is 5.93. The second-order valence-corrected chi connectivity index (χ2v) is 4.61. The summed E-state index contributed by atoms with van der Waals surface area (Å²) in [5, 5.41) is 8.90. The van der Waals surface area contributed by atoms with Crippen LogP contribution in [0.2, 0.25) is 0 Å². The van der Waals surface area contributed by atoms with Gasteiger partial charge in [0.15, 0.2) is 5.71 Å². The molecular weight excluding hydrogens is 184 g/mol. The lowest BCUT2D eigenvalue weighted by atomic mass is 9.82. The molecule has 0 amide bonds. The minimum Gasteiger partial charge on any atom is -0.202 e.